The van der Waals surface area contributed by atoms with E-state index in [4.69, 9.17) is 17.3 Å². The van der Waals surface area contributed by atoms with Crippen LogP contribution in [0.5, 0.6) is 0 Å². The zero-order chi connectivity index (χ0) is 21.3. The molecule has 1 aliphatic rings. The lowest BCUT2D eigenvalue weighted by atomic mass is 10.1. The fourth-order valence-electron chi connectivity index (χ4n) is 3.77. The summed E-state index contributed by atoms with van der Waals surface area (Å²) in [4.78, 5) is 26.7. The molecular formula is C21H24ClFN6O. The van der Waals surface area contributed by atoms with E-state index in [1.54, 1.807) is 12.3 Å². The Morgan fingerprint density at radius 3 is 2.90 bits per heavy atom. The molecule has 0 bridgehead atoms. The minimum absolute atomic E-state index is 0.0465. The number of hydrogen-bond donors (Lipinski definition) is 3. The number of carbonyl (C=O) groups excluding carboxylic acids is 1. The average molecular weight is 431 g/mol. The summed E-state index contributed by atoms with van der Waals surface area (Å²) in [5.74, 6) is -0.756. The number of benzene rings is 1. The topological polar surface area (TPSA) is 99.9 Å². The van der Waals surface area contributed by atoms with Gasteiger partial charge in [-0.3, -0.25) is 9.78 Å². The van der Waals surface area contributed by atoms with E-state index in [1.807, 2.05) is 6.92 Å². The molecule has 0 saturated carbocycles. The van der Waals surface area contributed by atoms with Crippen molar-refractivity contribution < 1.29 is 9.18 Å². The first kappa shape index (κ1) is 20.7. The molecule has 0 atom stereocenters. The molecule has 3 heterocycles. The second kappa shape index (κ2) is 8.67. The minimum atomic E-state index is -0.479. The van der Waals surface area contributed by atoms with Gasteiger partial charge in [0.1, 0.15) is 17.2 Å². The molecule has 4 rings (SSSR count). The molecule has 1 aromatic carbocycles. The summed E-state index contributed by atoms with van der Waals surface area (Å²) in [5.41, 5.74) is 8.86. The second-order valence-corrected chi connectivity index (χ2v) is 8.07. The van der Waals surface area contributed by atoms with Crippen LogP contribution in [-0.2, 0) is 0 Å². The summed E-state index contributed by atoms with van der Waals surface area (Å²) in [6.45, 7) is 5.08. The summed E-state index contributed by atoms with van der Waals surface area (Å²) in [6.07, 6.45) is 4.98. The van der Waals surface area contributed by atoms with Crippen molar-refractivity contribution in [3.63, 3.8) is 0 Å². The van der Waals surface area contributed by atoms with E-state index in [0.717, 1.165) is 38.0 Å². The van der Waals surface area contributed by atoms with Gasteiger partial charge in [0.2, 0.25) is 0 Å². The third-order valence-corrected chi connectivity index (χ3v) is 5.86. The lowest BCUT2D eigenvalue weighted by Gasteiger charge is -2.29. The first-order valence-corrected chi connectivity index (χ1v) is 10.4. The van der Waals surface area contributed by atoms with Crippen LogP contribution in [-0.4, -0.2) is 58.0 Å². The summed E-state index contributed by atoms with van der Waals surface area (Å²) >= 11 is 5.89. The molecule has 1 saturated heterocycles. The van der Waals surface area contributed by atoms with Crippen molar-refractivity contribution in [1.82, 2.24) is 25.2 Å². The van der Waals surface area contributed by atoms with Gasteiger partial charge in [-0.25, -0.2) is 9.37 Å². The quantitative estimate of drug-likeness (QED) is 0.578. The molecule has 1 fully saturated rings. The van der Waals surface area contributed by atoms with Gasteiger partial charge in [-0.15, -0.1) is 0 Å². The Morgan fingerprint density at radius 1 is 1.37 bits per heavy atom. The van der Waals surface area contributed by atoms with Gasteiger partial charge in [0, 0.05) is 30.0 Å². The molecular weight excluding hydrogens is 407 g/mol. The molecule has 0 aliphatic carbocycles. The van der Waals surface area contributed by atoms with Crippen molar-refractivity contribution in [2.24, 2.45) is 5.73 Å². The highest BCUT2D eigenvalue weighted by Gasteiger charge is 2.17. The van der Waals surface area contributed by atoms with Crippen LogP contribution < -0.4 is 11.1 Å². The molecule has 9 heteroatoms. The largest absolute Gasteiger partial charge is 0.353 e. The maximum Gasteiger partial charge on any atom is 0.271 e. The van der Waals surface area contributed by atoms with Crippen molar-refractivity contribution in [2.75, 3.05) is 26.2 Å². The highest BCUT2D eigenvalue weighted by atomic mass is 35.5. The fourth-order valence-corrected chi connectivity index (χ4v) is 3.93. The van der Waals surface area contributed by atoms with Crippen molar-refractivity contribution >= 4 is 28.4 Å². The number of aromatic nitrogens is 3. The van der Waals surface area contributed by atoms with E-state index in [-0.39, 0.29) is 22.7 Å². The molecule has 0 unspecified atom stereocenters. The third-order valence-electron chi connectivity index (χ3n) is 5.57. The molecule has 4 N–H and O–H groups in total. The Bertz CT molecular complexity index is 1080. The van der Waals surface area contributed by atoms with Crippen molar-refractivity contribution in [3.05, 3.63) is 46.6 Å². The van der Waals surface area contributed by atoms with Crippen LogP contribution in [0, 0.1) is 12.7 Å². The molecule has 7 nitrogen and oxygen atoms in total. The number of hydrogen-bond acceptors (Lipinski definition) is 5. The SMILES string of the molecule is Cc1c(-c2cncc(C(=O)NCCN3CCC(N)CC3)n2)[nH]c2cc(Cl)c(F)cc12. The Kier molecular flexibility index (Phi) is 5.99. The molecule has 1 amide bonds. The molecule has 2 aromatic heterocycles. The monoisotopic (exact) mass is 430 g/mol. The molecule has 30 heavy (non-hydrogen) atoms. The number of nitrogens with zero attached hydrogens (tertiary/aromatic N) is 3. The molecule has 1 aliphatic heterocycles. The Labute approximate surface area is 178 Å². The third kappa shape index (κ3) is 4.30. The lowest BCUT2D eigenvalue weighted by Crippen LogP contribution is -2.43. The van der Waals surface area contributed by atoms with Crippen LogP contribution >= 0.6 is 11.6 Å². The van der Waals surface area contributed by atoms with Crippen LogP contribution in [0.2, 0.25) is 5.02 Å². The summed E-state index contributed by atoms with van der Waals surface area (Å²) in [6, 6.07) is 3.22. The number of aryl methyl sites for hydroxylation is 1. The number of nitrogens with one attached hydrogen (secondary N) is 2. The number of likely N-dealkylation sites (tertiary alicyclic amines) is 1. The maximum atomic E-state index is 13.8. The number of nitrogens with two attached hydrogens (primary N) is 1. The average Bonchev–Trinajstić information content (AvgIpc) is 3.05. The Morgan fingerprint density at radius 2 is 2.13 bits per heavy atom. The molecule has 0 radical (unpaired) electrons. The van der Waals surface area contributed by atoms with Crippen molar-refractivity contribution in [3.8, 4) is 11.4 Å². The Balaban J connectivity index is 1.47. The maximum absolute atomic E-state index is 13.8. The van der Waals surface area contributed by atoms with E-state index in [1.165, 1.54) is 12.3 Å². The standard InChI is InChI=1S/C21H24ClFN6O/c1-12-14-8-16(23)15(22)9-17(14)28-20(12)18-10-25-11-19(27-18)21(30)26-4-7-29-5-2-13(24)3-6-29/h8-11,13,28H,2-7,24H2,1H3,(H,26,30). The number of piperidine rings is 1. The van der Waals surface area contributed by atoms with Crippen molar-refractivity contribution in [2.45, 2.75) is 25.8 Å². The van der Waals surface area contributed by atoms with E-state index in [0.29, 0.717) is 28.8 Å². The number of amides is 1. The van der Waals surface area contributed by atoms with Gasteiger partial charge >= 0.3 is 0 Å². The highest BCUT2D eigenvalue weighted by molar-refractivity contribution is 6.31. The second-order valence-electron chi connectivity index (χ2n) is 7.66. The number of carbonyl (C=O) groups is 1. The van der Waals surface area contributed by atoms with Gasteiger partial charge in [0.05, 0.1) is 23.1 Å². The first-order valence-electron chi connectivity index (χ1n) is 9.98. The predicted octanol–water partition coefficient (Wildman–Crippen LogP) is 2.88. The highest BCUT2D eigenvalue weighted by Crippen LogP contribution is 2.31. The summed E-state index contributed by atoms with van der Waals surface area (Å²) < 4.78 is 13.8. The normalized spacial score (nSPS) is 15.6. The molecule has 3 aromatic rings. The van der Waals surface area contributed by atoms with Gasteiger partial charge in [-0.2, -0.15) is 0 Å². The van der Waals surface area contributed by atoms with Crippen LogP contribution in [0.3, 0.4) is 0 Å². The van der Waals surface area contributed by atoms with Gasteiger partial charge in [-0.1, -0.05) is 11.6 Å². The number of halogens is 2. The summed E-state index contributed by atoms with van der Waals surface area (Å²) in [7, 11) is 0. The zero-order valence-corrected chi connectivity index (χ0v) is 17.5. The van der Waals surface area contributed by atoms with E-state index < -0.39 is 5.82 Å². The number of aromatic amines is 1. The number of rotatable bonds is 5. The predicted molar refractivity (Wildman–Crippen MR) is 115 cm³/mol. The van der Waals surface area contributed by atoms with Gasteiger partial charge in [0.25, 0.3) is 5.91 Å². The molecule has 158 valence electrons. The van der Waals surface area contributed by atoms with E-state index >= 15 is 0 Å². The van der Waals surface area contributed by atoms with Gasteiger partial charge in [0.15, 0.2) is 0 Å². The van der Waals surface area contributed by atoms with Gasteiger partial charge < -0.3 is 20.9 Å². The van der Waals surface area contributed by atoms with E-state index in [9.17, 15) is 9.18 Å². The minimum Gasteiger partial charge on any atom is -0.353 e. The van der Waals surface area contributed by atoms with E-state index in [2.05, 4.69) is 25.2 Å². The van der Waals surface area contributed by atoms with Crippen LogP contribution in [0.25, 0.3) is 22.3 Å². The molecule has 0 spiro atoms. The zero-order valence-electron chi connectivity index (χ0n) is 16.7. The van der Waals surface area contributed by atoms with Crippen molar-refractivity contribution in [1.29, 1.82) is 0 Å². The number of fused-ring (bicyclic) bond motifs is 1. The lowest BCUT2D eigenvalue weighted by molar-refractivity contribution is 0.0940. The number of H-pyrrole nitrogens is 1. The van der Waals surface area contributed by atoms with Crippen LogP contribution in [0.4, 0.5) is 4.39 Å². The fraction of sp³-hybridized carbons (Fsp3) is 0.381. The smallest absolute Gasteiger partial charge is 0.271 e. The first-order chi connectivity index (χ1) is 14.4. The Hall–Kier alpha value is -2.55. The van der Waals surface area contributed by atoms with Crippen LogP contribution in [0.1, 0.15) is 28.9 Å². The van der Waals surface area contributed by atoms with Gasteiger partial charge in [-0.05, 0) is 50.6 Å². The van der Waals surface area contributed by atoms with Crippen LogP contribution in [0.15, 0.2) is 24.5 Å². The summed E-state index contributed by atoms with van der Waals surface area (Å²) in [5, 5.41) is 3.66.